The second-order valence-electron chi connectivity index (χ2n) is 5.71. The van der Waals surface area contributed by atoms with Crippen LogP contribution in [-0.4, -0.2) is 27.9 Å². The zero-order valence-corrected chi connectivity index (χ0v) is 21.0. The van der Waals surface area contributed by atoms with E-state index in [-0.39, 0.29) is 16.0 Å². The molecule has 10 heteroatoms. The number of thioether (sulfide) groups is 1. The van der Waals surface area contributed by atoms with Gasteiger partial charge >= 0.3 is 5.97 Å². The number of carbonyl (C=O) groups is 1. The van der Waals surface area contributed by atoms with Crippen LogP contribution in [0.3, 0.4) is 0 Å². The molecule has 0 fully saturated rings. The lowest BCUT2D eigenvalue weighted by molar-refractivity contribution is -0.131. The van der Waals surface area contributed by atoms with Crippen LogP contribution in [0.2, 0.25) is 5.02 Å². The lowest BCUT2D eigenvalue weighted by atomic mass is 10.2. The number of aliphatic carboxylic acids is 1. The van der Waals surface area contributed by atoms with Crippen LogP contribution in [0.15, 0.2) is 63.6 Å². The van der Waals surface area contributed by atoms with Gasteiger partial charge in [0.25, 0.3) is 5.22 Å². The molecular weight excluding hydrogens is 654 g/mol. The molecule has 0 amide bonds. The SMILES string of the molecule is C=CCOc1c(I)cc(/C=C(\Sc2nnc(-c3ccc(Cl)cc3)o2)C(=O)O)cc1I. The Morgan fingerprint density at radius 1 is 1.23 bits per heavy atom. The van der Waals surface area contributed by atoms with E-state index < -0.39 is 5.97 Å². The second kappa shape index (κ2) is 10.6. The van der Waals surface area contributed by atoms with Gasteiger partial charge in [0, 0.05) is 10.6 Å². The number of carboxylic acids is 1. The van der Waals surface area contributed by atoms with Gasteiger partial charge in [-0.1, -0.05) is 24.3 Å². The smallest absolute Gasteiger partial charge is 0.342 e. The van der Waals surface area contributed by atoms with E-state index in [1.54, 1.807) is 36.4 Å². The Morgan fingerprint density at radius 2 is 1.90 bits per heavy atom. The average Bonchev–Trinajstić information content (AvgIpc) is 3.16. The molecule has 0 saturated carbocycles. The van der Waals surface area contributed by atoms with Crippen molar-refractivity contribution in [3.05, 3.63) is 71.7 Å². The van der Waals surface area contributed by atoms with E-state index in [4.69, 9.17) is 20.8 Å². The van der Waals surface area contributed by atoms with E-state index in [0.29, 0.717) is 17.2 Å². The van der Waals surface area contributed by atoms with E-state index >= 15 is 0 Å². The van der Waals surface area contributed by atoms with E-state index in [1.165, 1.54) is 0 Å². The molecule has 3 rings (SSSR count). The Morgan fingerprint density at radius 3 is 2.50 bits per heavy atom. The minimum atomic E-state index is -1.09. The van der Waals surface area contributed by atoms with Crippen LogP contribution >= 0.6 is 68.5 Å². The topological polar surface area (TPSA) is 85.5 Å². The molecule has 0 aliphatic rings. The van der Waals surface area contributed by atoms with Gasteiger partial charge in [-0.25, -0.2) is 4.79 Å². The summed E-state index contributed by atoms with van der Waals surface area (Å²) in [4.78, 5) is 11.8. The summed E-state index contributed by atoms with van der Waals surface area (Å²) in [7, 11) is 0. The summed E-state index contributed by atoms with van der Waals surface area (Å²) in [5, 5.41) is 18.3. The number of hydrogen-bond acceptors (Lipinski definition) is 6. The lowest BCUT2D eigenvalue weighted by Gasteiger charge is -2.10. The largest absolute Gasteiger partial charge is 0.487 e. The predicted molar refractivity (Wildman–Crippen MR) is 134 cm³/mol. The van der Waals surface area contributed by atoms with E-state index in [2.05, 4.69) is 62.0 Å². The summed E-state index contributed by atoms with van der Waals surface area (Å²) in [6.07, 6.45) is 3.22. The molecule has 0 saturated heterocycles. The molecule has 2 aromatic carbocycles. The zero-order valence-electron chi connectivity index (χ0n) is 15.1. The van der Waals surface area contributed by atoms with Gasteiger partial charge in [-0.2, -0.15) is 0 Å². The van der Waals surface area contributed by atoms with Crippen LogP contribution in [0.4, 0.5) is 0 Å². The Labute approximate surface area is 209 Å². The fraction of sp³-hybridized carbons (Fsp3) is 0.0500. The number of nitrogens with zero attached hydrogens (tertiary/aromatic N) is 2. The first-order chi connectivity index (χ1) is 14.4. The van der Waals surface area contributed by atoms with E-state index in [1.807, 2.05) is 12.1 Å². The maximum Gasteiger partial charge on any atom is 0.342 e. The summed E-state index contributed by atoms with van der Waals surface area (Å²) in [6.45, 7) is 4.04. The average molecular weight is 667 g/mol. The van der Waals surface area contributed by atoms with Crippen molar-refractivity contribution in [3.63, 3.8) is 0 Å². The highest BCUT2D eigenvalue weighted by Gasteiger charge is 2.17. The molecule has 0 bridgehead atoms. The molecular formula is C20H13ClI2N2O4S. The van der Waals surface area contributed by atoms with Crippen molar-refractivity contribution in [1.82, 2.24) is 10.2 Å². The molecule has 0 spiro atoms. The lowest BCUT2D eigenvalue weighted by Crippen LogP contribution is -1.99. The Kier molecular flexibility index (Phi) is 8.20. The van der Waals surface area contributed by atoms with Crippen LogP contribution in [-0.2, 0) is 4.79 Å². The monoisotopic (exact) mass is 666 g/mol. The van der Waals surface area contributed by atoms with Crippen LogP contribution in [0.1, 0.15) is 5.56 Å². The molecule has 0 unspecified atom stereocenters. The van der Waals surface area contributed by atoms with Gasteiger partial charge in [0.05, 0.1) is 7.14 Å². The van der Waals surface area contributed by atoms with Gasteiger partial charge in [-0.3, -0.25) is 0 Å². The summed E-state index contributed by atoms with van der Waals surface area (Å²) >= 11 is 11.1. The predicted octanol–water partition coefficient (Wildman–Crippen LogP) is 6.38. The van der Waals surface area contributed by atoms with Gasteiger partial charge in [0.2, 0.25) is 5.89 Å². The number of halogens is 3. The minimum Gasteiger partial charge on any atom is -0.487 e. The van der Waals surface area contributed by atoms with Crippen molar-refractivity contribution in [2.24, 2.45) is 0 Å². The van der Waals surface area contributed by atoms with Crippen molar-refractivity contribution in [2.75, 3.05) is 6.61 Å². The van der Waals surface area contributed by atoms with E-state index in [9.17, 15) is 9.90 Å². The third kappa shape index (κ3) is 5.99. The van der Waals surface area contributed by atoms with Gasteiger partial charge in [-0.05, 0) is 105 Å². The van der Waals surface area contributed by atoms with Gasteiger partial charge in [0.15, 0.2) is 0 Å². The Hall–Kier alpha value is -1.57. The fourth-order valence-electron chi connectivity index (χ4n) is 2.28. The molecule has 1 heterocycles. The first-order valence-corrected chi connectivity index (χ1v) is 11.7. The van der Waals surface area contributed by atoms with Crippen molar-refractivity contribution in [2.45, 2.75) is 5.22 Å². The number of hydrogen-bond donors (Lipinski definition) is 1. The van der Waals surface area contributed by atoms with Crippen molar-refractivity contribution in [3.8, 4) is 17.2 Å². The standard InChI is InChI=1S/C20H13ClI2N2O4S/c1-2-7-28-17-14(22)8-11(9-15(17)23)10-16(19(26)27)30-20-25-24-18(29-20)12-3-5-13(21)6-4-12/h2-6,8-10H,1,7H2,(H,26,27)/b16-10-. The van der Waals surface area contributed by atoms with Crippen LogP contribution in [0.5, 0.6) is 5.75 Å². The third-order valence-corrected chi connectivity index (χ3v) is 6.28. The summed E-state index contributed by atoms with van der Waals surface area (Å²) in [5.74, 6) is -0.0720. The molecule has 154 valence electrons. The van der Waals surface area contributed by atoms with Crippen molar-refractivity contribution >= 4 is 80.6 Å². The normalized spacial score (nSPS) is 11.4. The quantitative estimate of drug-likeness (QED) is 0.129. The highest BCUT2D eigenvalue weighted by molar-refractivity contribution is 14.1. The minimum absolute atomic E-state index is 0.0488. The summed E-state index contributed by atoms with van der Waals surface area (Å²) < 4.78 is 13.0. The number of rotatable bonds is 8. The molecule has 3 aromatic rings. The van der Waals surface area contributed by atoms with Gasteiger partial charge < -0.3 is 14.3 Å². The van der Waals surface area contributed by atoms with Crippen molar-refractivity contribution < 1.29 is 19.1 Å². The summed E-state index contributed by atoms with van der Waals surface area (Å²) in [6, 6.07) is 10.6. The highest BCUT2D eigenvalue weighted by atomic mass is 127. The molecule has 1 N–H and O–H groups in total. The zero-order chi connectivity index (χ0) is 21.7. The number of aromatic nitrogens is 2. The number of carboxylic acid groups (broad SMARTS) is 1. The maximum atomic E-state index is 11.8. The van der Waals surface area contributed by atoms with Crippen LogP contribution in [0, 0.1) is 7.14 Å². The first-order valence-electron chi connectivity index (χ1n) is 8.32. The molecule has 6 nitrogen and oxygen atoms in total. The third-order valence-electron chi connectivity index (χ3n) is 3.57. The van der Waals surface area contributed by atoms with Crippen LogP contribution < -0.4 is 4.74 Å². The Balaban J connectivity index is 1.85. The molecule has 1 aromatic heterocycles. The molecule has 0 aliphatic heterocycles. The van der Waals surface area contributed by atoms with E-state index in [0.717, 1.165) is 30.2 Å². The first kappa shape index (κ1) is 23.1. The maximum absolute atomic E-state index is 11.8. The van der Waals surface area contributed by atoms with Crippen molar-refractivity contribution in [1.29, 1.82) is 0 Å². The molecule has 30 heavy (non-hydrogen) atoms. The number of ether oxygens (including phenoxy) is 1. The highest BCUT2D eigenvalue weighted by Crippen LogP contribution is 2.33. The van der Waals surface area contributed by atoms with Gasteiger partial charge in [0.1, 0.15) is 17.3 Å². The summed E-state index contributed by atoms with van der Waals surface area (Å²) in [5.41, 5.74) is 1.41. The Bertz CT molecular complexity index is 1090. The van der Waals surface area contributed by atoms with Crippen LogP contribution in [0.25, 0.3) is 17.5 Å². The second-order valence-corrected chi connectivity index (χ2v) is 9.46. The fourth-order valence-corrected chi connectivity index (χ4v) is 5.21. The van der Waals surface area contributed by atoms with Gasteiger partial charge in [-0.15, -0.1) is 10.2 Å². The molecule has 0 radical (unpaired) electrons. The number of benzene rings is 2. The molecule has 0 atom stereocenters. The molecule has 0 aliphatic carbocycles.